The number of nitrogens with zero attached hydrogens (tertiary/aromatic N) is 3. The van der Waals surface area contributed by atoms with Crippen LogP contribution in [0.25, 0.3) is 0 Å². The van der Waals surface area contributed by atoms with E-state index in [1.165, 1.54) is 0 Å². The molecule has 2 aliphatic heterocycles. The van der Waals surface area contributed by atoms with Crippen LogP contribution < -0.4 is 11.2 Å². The second-order valence-corrected chi connectivity index (χ2v) is 22.3. The van der Waals surface area contributed by atoms with Crippen LogP contribution >= 0.6 is 0 Å². The van der Waals surface area contributed by atoms with Crippen LogP contribution in [0.15, 0.2) is 15.8 Å². The van der Waals surface area contributed by atoms with Crippen molar-refractivity contribution in [1.82, 2.24) is 9.24 Å². The lowest BCUT2D eigenvalue weighted by Crippen LogP contribution is -2.66. The predicted octanol–water partition coefficient (Wildman–Crippen LogP) is 3.45. The second kappa shape index (κ2) is 12.1. The molecule has 1 aromatic heterocycles. The highest BCUT2D eigenvalue weighted by atomic mass is 32.2. The molecule has 2 fully saturated rings. The first-order valence-electron chi connectivity index (χ1n) is 13.7. The number of hydrogen-bond donors (Lipinski definition) is 0. The van der Waals surface area contributed by atoms with E-state index >= 15 is 0 Å². The van der Waals surface area contributed by atoms with Gasteiger partial charge in [-0.25, -0.2) is 14.9 Å². The molecule has 0 N–H and O–H groups in total. The van der Waals surface area contributed by atoms with Gasteiger partial charge in [-0.2, -0.15) is 21.6 Å². The average molecular weight is 678 g/mol. The number of fused-ring (bicyclic) bond motifs is 1. The van der Waals surface area contributed by atoms with Crippen LogP contribution in [0.5, 0.6) is 0 Å². The van der Waals surface area contributed by atoms with Crippen molar-refractivity contribution in [3.8, 4) is 0 Å². The lowest BCUT2D eigenvalue weighted by Gasteiger charge is -2.51. The number of hydrogen-bond acceptors (Lipinski definition) is 11. The largest absolute Gasteiger partial charge is 0.523 e. The molecule has 0 amide bonds. The molecule has 3 heterocycles. The number of alkyl halides is 3. The smallest absolute Gasteiger partial charge is 0.414 e. The number of halogens is 3. The van der Waals surface area contributed by atoms with E-state index in [9.17, 15) is 41.3 Å². The summed E-state index contributed by atoms with van der Waals surface area (Å²) in [6, 6.07) is 0. The SMILES string of the molecule is Cc1cn([C@@H]2O[C@@H]3CO[Si](C(C)C)(C(C)C)O[Si](C(C)C)(C(C)C)O[C@H]3[C@H]2OS(=O)(=O)C(F)(F)F)c(=O)n([N+](=O)[O-])c1=O. The van der Waals surface area contributed by atoms with Gasteiger partial charge >= 0.3 is 44.0 Å². The zero-order valence-corrected chi connectivity index (χ0v) is 28.1. The Bertz CT molecular complexity index is 1430. The highest BCUT2D eigenvalue weighted by Gasteiger charge is 2.64. The monoisotopic (exact) mass is 677 g/mol. The summed E-state index contributed by atoms with van der Waals surface area (Å²) in [4.78, 5) is 37.1. The van der Waals surface area contributed by atoms with Crippen LogP contribution in [0.4, 0.5) is 13.2 Å². The summed E-state index contributed by atoms with van der Waals surface area (Å²) in [7, 11) is -13.1. The Balaban J connectivity index is 2.34. The molecule has 14 nitrogen and oxygen atoms in total. The highest BCUT2D eigenvalue weighted by Crippen LogP contribution is 2.49. The Morgan fingerprint density at radius 1 is 1.02 bits per heavy atom. The van der Waals surface area contributed by atoms with Gasteiger partial charge in [0.1, 0.15) is 12.2 Å². The normalized spacial score (nSPS) is 26.1. The van der Waals surface area contributed by atoms with Gasteiger partial charge in [0.05, 0.1) is 6.61 Å². The summed E-state index contributed by atoms with van der Waals surface area (Å²) >= 11 is 0. The predicted molar refractivity (Wildman–Crippen MR) is 150 cm³/mol. The van der Waals surface area contributed by atoms with Crippen molar-refractivity contribution < 1.29 is 48.5 Å². The first kappa shape index (κ1) is 35.5. The summed E-state index contributed by atoms with van der Waals surface area (Å²) < 4.78 is 96.4. The molecular weight excluding hydrogens is 639 g/mol. The maximum Gasteiger partial charge on any atom is 0.523 e. The van der Waals surface area contributed by atoms with E-state index in [1.807, 2.05) is 55.4 Å². The van der Waals surface area contributed by atoms with E-state index in [2.05, 4.69) is 0 Å². The summed E-state index contributed by atoms with van der Waals surface area (Å²) in [5, 5.41) is 10.3. The molecular formula is C23H38F3N3O11SSi2. The van der Waals surface area contributed by atoms with Crippen molar-refractivity contribution in [2.75, 3.05) is 6.61 Å². The molecule has 1 aromatic rings. The fourth-order valence-corrected chi connectivity index (χ4v) is 17.5. The lowest BCUT2D eigenvalue weighted by molar-refractivity contribution is -0.549. The summed E-state index contributed by atoms with van der Waals surface area (Å²) in [5.74, 6) is 0. The molecule has 0 unspecified atom stereocenters. The van der Waals surface area contributed by atoms with Gasteiger partial charge in [-0.05, 0) is 29.1 Å². The average Bonchev–Trinajstić information content (AvgIpc) is 3.15. The molecule has 0 aliphatic carbocycles. The Kier molecular flexibility index (Phi) is 10.00. The zero-order chi connectivity index (χ0) is 33.0. The minimum Gasteiger partial charge on any atom is -0.414 e. The number of nitro groups is 1. The van der Waals surface area contributed by atoms with Gasteiger partial charge in [-0.15, -0.1) is 0 Å². The fourth-order valence-electron chi connectivity index (χ4n) is 5.66. The minimum absolute atomic E-state index is 0.124. The number of aromatic nitrogens is 2. The zero-order valence-electron chi connectivity index (χ0n) is 25.3. The fraction of sp³-hybridized carbons (Fsp3) is 0.826. The Morgan fingerprint density at radius 2 is 1.53 bits per heavy atom. The van der Waals surface area contributed by atoms with Crippen LogP contribution in [0, 0.1) is 17.0 Å². The molecule has 2 saturated heterocycles. The Morgan fingerprint density at radius 3 is 1.98 bits per heavy atom. The number of aryl methyl sites for hydroxylation is 1. The van der Waals surface area contributed by atoms with E-state index < -0.39 is 73.6 Å². The highest BCUT2D eigenvalue weighted by molar-refractivity contribution is 7.87. The van der Waals surface area contributed by atoms with Gasteiger partial charge in [-0.3, -0.25) is 13.5 Å². The minimum atomic E-state index is -6.31. The summed E-state index contributed by atoms with van der Waals surface area (Å²) in [6.45, 7) is 15.8. The van der Waals surface area contributed by atoms with Crippen molar-refractivity contribution in [2.45, 2.75) is 115 Å². The molecule has 0 aromatic carbocycles. The van der Waals surface area contributed by atoms with Gasteiger partial charge in [0, 0.05) is 16.4 Å². The van der Waals surface area contributed by atoms with Gasteiger partial charge in [-0.1, -0.05) is 55.4 Å². The maximum absolute atomic E-state index is 13.6. The molecule has 3 rings (SSSR count). The van der Waals surface area contributed by atoms with Gasteiger partial charge in [0.15, 0.2) is 17.4 Å². The van der Waals surface area contributed by atoms with Crippen LogP contribution in [0.1, 0.15) is 67.2 Å². The third-order valence-corrected chi connectivity index (χ3v) is 19.1. The molecule has 246 valence electrons. The third kappa shape index (κ3) is 6.16. The molecule has 0 spiro atoms. The van der Waals surface area contributed by atoms with Crippen LogP contribution in [-0.2, 0) is 32.0 Å². The topological polar surface area (TPSA) is 167 Å². The molecule has 43 heavy (non-hydrogen) atoms. The number of rotatable bonds is 8. The molecule has 4 atom stereocenters. The second-order valence-electron chi connectivity index (χ2n) is 11.9. The summed E-state index contributed by atoms with van der Waals surface area (Å²) in [6.07, 6.45) is -6.24. The molecule has 2 aliphatic rings. The van der Waals surface area contributed by atoms with Crippen molar-refractivity contribution in [3.05, 3.63) is 42.7 Å². The van der Waals surface area contributed by atoms with E-state index in [0.29, 0.717) is 4.57 Å². The van der Waals surface area contributed by atoms with Gasteiger partial charge in [0.25, 0.3) is 0 Å². The molecule has 0 radical (unpaired) electrons. The van der Waals surface area contributed by atoms with Crippen molar-refractivity contribution >= 4 is 27.2 Å². The molecule has 0 bridgehead atoms. The van der Waals surface area contributed by atoms with Crippen LogP contribution in [0.3, 0.4) is 0 Å². The van der Waals surface area contributed by atoms with E-state index in [-0.39, 0.29) is 39.0 Å². The lowest BCUT2D eigenvalue weighted by atomic mass is 10.1. The first-order valence-corrected chi connectivity index (χ1v) is 19.1. The van der Waals surface area contributed by atoms with E-state index in [1.54, 1.807) is 0 Å². The first-order chi connectivity index (χ1) is 19.5. The van der Waals surface area contributed by atoms with Crippen molar-refractivity contribution in [3.63, 3.8) is 0 Å². The standard InChI is InChI=1S/C23H38F3N3O11SSi2/c1-12(2)42(13(3)4)36-11-17-18(39-43(40-42,14(5)6)15(7)8)19(38-41(34,35)23(24,25)26)21(37-17)27-10-16(9)20(30)28(22(27)31)29(32)33/h10,12-15,17-19,21H,11H2,1-9H3/t17-,18-,19-,21-/m1/s1. The third-order valence-electron chi connectivity index (χ3n) is 7.84. The summed E-state index contributed by atoms with van der Waals surface area (Å²) in [5.41, 5.74) is -10.0. The molecule has 20 heteroatoms. The van der Waals surface area contributed by atoms with Gasteiger partial charge in [0.2, 0.25) is 0 Å². The Hall–Kier alpha value is -1.95. The van der Waals surface area contributed by atoms with Crippen LogP contribution in [-0.4, -0.2) is 70.2 Å². The van der Waals surface area contributed by atoms with E-state index in [0.717, 1.165) is 13.1 Å². The molecule has 0 saturated carbocycles. The Labute approximate surface area is 248 Å². The van der Waals surface area contributed by atoms with E-state index in [4.69, 9.17) is 21.9 Å². The van der Waals surface area contributed by atoms with Crippen molar-refractivity contribution in [2.24, 2.45) is 0 Å². The van der Waals surface area contributed by atoms with Crippen LogP contribution in [0.2, 0.25) is 22.2 Å². The quantitative estimate of drug-likeness (QED) is 0.130. The maximum atomic E-state index is 13.6. The van der Waals surface area contributed by atoms with Crippen molar-refractivity contribution in [1.29, 1.82) is 0 Å². The van der Waals surface area contributed by atoms with Gasteiger partial charge < -0.3 is 17.7 Å². The number of ether oxygens (including phenoxy) is 1.